The van der Waals surface area contributed by atoms with Crippen molar-refractivity contribution in [3.8, 4) is 5.75 Å². The second kappa shape index (κ2) is 10.0. The van der Waals surface area contributed by atoms with Crippen LogP contribution in [-0.4, -0.2) is 94.4 Å². The van der Waals surface area contributed by atoms with Crippen molar-refractivity contribution in [1.29, 1.82) is 0 Å². The van der Waals surface area contributed by atoms with Gasteiger partial charge < -0.3 is 15.9 Å². The fraction of sp³-hybridized carbons (Fsp3) is 0.567. The van der Waals surface area contributed by atoms with Crippen molar-refractivity contribution in [1.82, 2.24) is 9.80 Å². The lowest BCUT2D eigenvalue weighted by atomic mass is 9.52. The van der Waals surface area contributed by atoms with E-state index in [-0.39, 0.29) is 24.2 Å². The number of hydrogen-bond acceptors (Lipinski definition) is 9. The van der Waals surface area contributed by atoms with Crippen LogP contribution in [0.2, 0.25) is 0 Å². The van der Waals surface area contributed by atoms with Crippen LogP contribution in [0.1, 0.15) is 48.2 Å². The molecule has 3 aliphatic carbocycles. The van der Waals surface area contributed by atoms with Gasteiger partial charge in [0.25, 0.3) is 0 Å². The SMILES string of the molecule is CC(C)CN1CC=C(c2ccc(O)c3c2C[C@H]2C[C@H]4[C@H](N(C)C)C(=O)C(C(N)=O)C(=O)[C@@]4(O)C(=O)C2C3=O)CC1. The maximum Gasteiger partial charge on any atom is 0.235 e. The molecule has 2 unspecified atom stereocenters. The molecule has 6 atom stereocenters. The molecule has 40 heavy (non-hydrogen) atoms. The largest absolute Gasteiger partial charge is 0.507 e. The molecule has 0 spiro atoms. The highest BCUT2D eigenvalue weighted by Gasteiger charge is 2.69. The Morgan fingerprint density at radius 3 is 2.45 bits per heavy atom. The number of carbonyl (C=O) groups is 5. The molecule has 2 saturated carbocycles. The molecular formula is C30H37N3O7. The molecule has 0 saturated heterocycles. The van der Waals surface area contributed by atoms with E-state index >= 15 is 0 Å². The molecule has 10 nitrogen and oxygen atoms in total. The van der Waals surface area contributed by atoms with Gasteiger partial charge in [-0.3, -0.25) is 33.8 Å². The number of Topliss-reactive ketones (excluding diaryl/α,β-unsaturated/α-hetero) is 4. The van der Waals surface area contributed by atoms with Crippen molar-refractivity contribution in [2.75, 3.05) is 33.7 Å². The quantitative estimate of drug-likeness (QED) is 0.446. The third kappa shape index (κ3) is 4.15. The smallest absolute Gasteiger partial charge is 0.235 e. The van der Waals surface area contributed by atoms with E-state index in [0.29, 0.717) is 11.5 Å². The number of rotatable bonds is 5. The monoisotopic (exact) mass is 551 g/mol. The minimum absolute atomic E-state index is 0.0367. The van der Waals surface area contributed by atoms with Crippen molar-refractivity contribution in [2.45, 2.75) is 44.8 Å². The average molecular weight is 552 g/mol. The van der Waals surface area contributed by atoms with Gasteiger partial charge in [-0.2, -0.15) is 0 Å². The van der Waals surface area contributed by atoms with Crippen LogP contribution < -0.4 is 5.73 Å². The number of aliphatic hydroxyl groups is 1. The van der Waals surface area contributed by atoms with Gasteiger partial charge in [-0.05, 0) is 68.0 Å². The number of aromatic hydroxyl groups is 1. The number of hydrogen-bond donors (Lipinski definition) is 3. The zero-order valence-corrected chi connectivity index (χ0v) is 23.3. The molecular weight excluding hydrogens is 514 g/mol. The summed E-state index contributed by atoms with van der Waals surface area (Å²) in [6, 6.07) is 2.15. The summed E-state index contributed by atoms with van der Waals surface area (Å²) in [5.74, 6) is -9.72. The number of fused-ring (bicyclic) bond motifs is 3. The highest BCUT2D eigenvalue weighted by atomic mass is 16.3. The van der Waals surface area contributed by atoms with E-state index < -0.39 is 64.4 Å². The molecule has 10 heteroatoms. The minimum Gasteiger partial charge on any atom is -0.507 e. The lowest BCUT2D eigenvalue weighted by molar-refractivity contribution is -0.181. The van der Waals surface area contributed by atoms with Crippen LogP contribution in [0, 0.1) is 29.6 Å². The number of benzene rings is 1. The van der Waals surface area contributed by atoms with Gasteiger partial charge in [0.05, 0.1) is 17.5 Å². The number of primary amides is 1. The lowest BCUT2D eigenvalue weighted by Crippen LogP contribution is -2.74. The third-order valence-corrected chi connectivity index (χ3v) is 9.21. The molecule has 214 valence electrons. The van der Waals surface area contributed by atoms with Crippen molar-refractivity contribution < 1.29 is 34.2 Å². The summed E-state index contributed by atoms with van der Waals surface area (Å²) in [5, 5.41) is 22.5. The van der Waals surface area contributed by atoms with Gasteiger partial charge in [-0.15, -0.1) is 0 Å². The van der Waals surface area contributed by atoms with Crippen molar-refractivity contribution in [2.24, 2.45) is 35.3 Å². The maximum atomic E-state index is 13.9. The van der Waals surface area contributed by atoms with Gasteiger partial charge in [0.2, 0.25) is 5.91 Å². The lowest BCUT2D eigenvalue weighted by Gasteiger charge is -2.52. The molecule has 0 bridgehead atoms. The molecule has 1 aromatic rings. The second-order valence-electron chi connectivity index (χ2n) is 12.4. The fourth-order valence-corrected chi connectivity index (χ4v) is 7.54. The zero-order valence-electron chi connectivity index (χ0n) is 23.3. The molecule has 2 fully saturated rings. The van der Waals surface area contributed by atoms with Crippen LogP contribution in [-0.2, 0) is 25.6 Å². The average Bonchev–Trinajstić information content (AvgIpc) is 2.86. The normalized spacial score (nSPS) is 32.6. The first kappa shape index (κ1) is 28.3. The van der Waals surface area contributed by atoms with Crippen LogP contribution in [0.4, 0.5) is 0 Å². The molecule has 5 rings (SSSR count). The number of nitrogens with two attached hydrogens (primary N) is 1. The highest BCUT2D eigenvalue weighted by molar-refractivity contribution is 6.32. The van der Waals surface area contributed by atoms with Crippen LogP contribution in [0.25, 0.3) is 5.57 Å². The summed E-state index contributed by atoms with van der Waals surface area (Å²) >= 11 is 0. The molecule has 1 amide bonds. The number of amides is 1. The van der Waals surface area contributed by atoms with Gasteiger partial charge in [-0.25, -0.2) is 0 Å². The molecule has 1 heterocycles. The zero-order chi connectivity index (χ0) is 29.3. The van der Waals surface area contributed by atoms with E-state index in [0.717, 1.165) is 37.2 Å². The summed E-state index contributed by atoms with van der Waals surface area (Å²) in [6.07, 6.45) is 3.22. The van der Waals surface area contributed by atoms with E-state index in [4.69, 9.17) is 5.73 Å². The number of likely N-dealkylation sites (N-methyl/N-ethyl adjacent to an activating group) is 1. The van der Waals surface area contributed by atoms with Gasteiger partial charge in [0.1, 0.15) is 5.75 Å². The highest BCUT2D eigenvalue weighted by Crippen LogP contribution is 2.51. The fourth-order valence-electron chi connectivity index (χ4n) is 7.54. The summed E-state index contributed by atoms with van der Waals surface area (Å²) in [6.45, 7) is 6.96. The van der Waals surface area contributed by atoms with Gasteiger partial charge >= 0.3 is 0 Å². The van der Waals surface area contributed by atoms with Crippen LogP contribution in [0.15, 0.2) is 18.2 Å². The molecule has 4 N–H and O–H groups in total. The summed E-state index contributed by atoms with van der Waals surface area (Å²) < 4.78 is 0. The van der Waals surface area contributed by atoms with Crippen LogP contribution >= 0.6 is 0 Å². The third-order valence-electron chi connectivity index (χ3n) is 9.21. The van der Waals surface area contributed by atoms with Gasteiger partial charge in [0.15, 0.2) is 34.7 Å². The molecule has 1 aromatic carbocycles. The molecule has 4 aliphatic rings. The molecule has 1 aliphatic heterocycles. The van der Waals surface area contributed by atoms with E-state index in [2.05, 4.69) is 24.8 Å². The summed E-state index contributed by atoms with van der Waals surface area (Å²) in [4.78, 5) is 70.4. The Bertz CT molecular complexity index is 1350. The number of ketones is 4. The number of phenolic OH excluding ortho intramolecular Hbond substituents is 1. The minimum atomic E-state index is -2.71. The first-order chi connectivity index (χ1) is 18.8. The maximum absolute atomic E-state index is 13.9. The Kier molecular flexibility index (Phi) is 7.09. The Balaban J connectivity index is 1.57. The Morgan fingerprint density at radius 2 is 1.88 bits per heavy atom. The van der Waals surface area contributed by atoms with E-state index in [9.17, 15) is 34.2 Å². The Morgan fingerprint density at radius 1 is 1.18 bits per heavy atom. The Hall–Kier alpha value is -3.21. The van der Waals surface area contributed by atoms with Crippen molar-refractivity contribution in [3.05, 3.63) is 34.9 Å². The van der Waals surface area contributed by atoms with Crippen LogP contribution in [0.3, 0.4) is 0 Å². The number of carbonyl (C=O) groups excluding carboxylic acids is 5. The van der Waals surface area contributed by atoms with Gasteiger partial charge in [-0.1, -0.05) is 26.0 Å². The first-order valence-corrected chi connectivity index (χ1v) is 13.9. The summed E-state index contributed by atoms with van der Waals surface area (Å²) in [5.41, 5.74) is 5.27. The van der Waals surface area contributed by atoms with E-state index in [1.165, 1.54) is 11.0 Å². The van der Waals surface area contributed by atoms with Gasteiger partial charge in [0, 0.05) is 25.6 Å². The second-order valence-corrected chi connectivity index (χ2v) is 12.4. The molecule has 0 radical (unpaired) electrons. The standard InChI is InChI=1S/C30H37N3O7/c1-14(2)13-33-9-7-15(8-10-33)17-5-6-20(34)22-18(17)11-16-12-19-24(32(3)4)26(36)23(29(31)39)28(38)30(19,40)27(37)21(16)25(22)35/h5-7,14,16,19,21,23-24,34,40H,8-13H2,1-4H3,(H2,31,39)/t16-,19-,21?,23?,24-,30-/m0/s1. The van der Waals surface area contributed by atoms with Crippen molar-refractivity contribution >= 4 is 34.6 Å². The topological polar surface area (TPSA) is 158 Å². The van der Waals surface area contributed by atoms with Crippen molar-refractivity contribution in [3.63, 3.8) is 0 Å². The first-order valence-electron chi connectivity index (χ1n) is 13.9. The van der Waals surface area contributed by atoms with E-state index in [1.807, 2.05) is 0 Å². The predicted octanol–water partition coefficient (Wildman–Crippen LogP) is 0.612. The molecule has 0 aromatic heterocycles. The van der Waals surface area contributed by atoms with E-state index in [1.54, 1.807) is 20.2 Å². The van der Waals surface area contributed by atoms with Crippen LogP contribution in [0.5, 0.6) is 5.75 Å². The Labute approximate surface area is 233 Å². The number of nitrogens with zero attached hydrogens (tertiary/aromatic N) is 2. The summed E-state index contributed by atoms with van der Waals surface area (Å²) in [7, 11) is 3.14. The predicted molar refractivity (Wildman–Crippen MR) is 145 cm³/mol. The number of phenols is 1.